The molecule has 0 aliphatic rings. The van der Waals surface area contributed by atoms with Gasteiger partial charge in [-0.2, -0.15) is 5.10 Å². The predicted molar refractivity (Wildman–Crippen MR) is 93.6 cm³/mol. The van der Waals surface area contributed by atoms with Gasteiger partial charge in [0.1, 0.15) is 11.5 Å². The lowest BCUT2D eigenvalue weighted by Gasteiger charge is -2.08. The van der Waals surface area contributed by atoms with Crippen LogP contribution in [0.1, 0.15) is 36.1 Å². The quantitative estimate of drug-likeness (QED) is 0.420. The fraction of sp³-hybridized carbons (Fsp3) is 0.278. The highest BCUT2D eigenvalue weighted by Crippen LogP contribution is 2.33. The summed E-state index contributed by atoms with van der Waals surface area (Å²) in [5, 5.41) is 30.7. The molecule has 2 N–H and O–H groups in total. The van der Waals surface area contributed by atoms with E-state index >= 15 is 0 Å². The van der Waals surface area contributed by atoms with Crippen molar-refractivity contribution in [2.24, 2.45) is 5.16 Å². The first-order valence-electron chi connectivity index (χ1n) is 8.08. The Labute approximate surface area is 145 Å². The molecule has 0 atom stereocenters. The van der Waals surface area contributed by atoms with Crippen LogP contribution in [0.3, 0.4) is 0 Å². The summed E-state index contributed by atoms with van der Waals surface area (Å²) in [6, 6.07) is 6.76. The molecule has 3 aromatic rings. The summed E-state index contributed by atoms with van der Waals surface area (Å²) < 4.78 is 7.10. The van der Waals surface area contributed by atoms with Crippen molar-refractivity contribution in [2.45, 2.75) is 33.6 Å². The van der Waals surface area contributed by atoms with Crippen LogP contribution in [0.2, 0.25) is 0 Å². The highest BCUT2D eigenvalue weighted by atomic mass is 16.5. The topological polar surface area (TPSA) is 96.7 Å². The van der Waals surface area contributed by atoms with Crippen LogP contribution in [-0.4, -0.2) is 31.5 Å². The van der Waals surface area contributed by atoms with Gasteiger partial charge in [0.05, 0.1) is 34.5 Å². The van der Waals surface area contributed by atoms with Crippen molar-refractivity contribution in [1.82, 2.24) is 14.9 Å². The Hall–Kier alpha value is -3.09. The van der Waals surface area contributed by atoms with Gasteiger partial charge in [-0.15, -0.1) is 0 Å². The van der Waals surface area contributed by atoms with Gasteiger partial charge >= 0.3 is 0 Å². The zero-order valence-electron chi connectivity index (χ0n) is 14.4. The number of benzene rings is 1. The smallest absolute Gasteiger partial charge is 0.143 e. The molecule has 0 unspecified atom stereocenters. The maximum atomic E-state index is 9.56. The van der Waals surface area contributed by atoms with Crippen molar-refractivity contribution < 1.29 is 14.8 Å². The second kappa shape index (κ2) is 6.80. The minimum Gasteiger partial charge on any atom is -0.508 e. The number of hydrogen-bond donors (Lipinski definition) is 2. The van der Waals surface area contributed by atoms with E-state index in [2.05, 4.69) is 17.2 Å². The number of rotatable bonds is 5. The molecule has 1 aromatic carbocycles. The molecule has 0 saturated carbocycles. The Kier molecular flexibility index (Phi) is 4.56. The zero-order chi connectivity index (χ0) is 18.0. The number of aryl methyl sites for hydroxylation is 3. The first-order valence-corrected chi connectivity index (χ1v) is 8.08. The van der Waals surface area contributed by atoms with Crippen molar-refractivity contribution in [3.8, 4) is 22.7 Å². The molecule has 0 aliphatic carbocycles. The maximum Gasteiger partial charge on any atom is 0.143 e. The van der Waals surface area contributed by atoms with Crippen LogP contribution in [-0.2, 0) is 6.42 Å². The van der Waals surface area contributed by atoms with Crippen molar-refractivity contribution in [2.75, 3.05) is 0 Å². The van der Waals surface area contributed by atoms with E-state index in [1.807, 2.05) is 13.8 Å². The molecule has 7 nitrogen and oxygen atoms in total. The van der Waals surface area contributed by atoms with Crippen molar-refractivity contribution in [3.63, 3.8) is 0 Å². The number of phenols is 1. The van der Waals surface area contributed by atoms with Crippen molar-refractivity contribution >= 4 is 6.21 Å². The summed E-state index contributed by atoms with van der Waals surface area (Å²) in [5.41, 5.74) is 4.63. The second-order valence-corrected chi connectivity index (χ2v) is 5.83. The first kappa shape index (κ1) is 16.8. The van der Waals surface area contributed by atoms with Crippen molar-refractivity contribution in [3.05, 3.63) is 47.0 Å². The lowest BCUT2D eigenvalue weighted by atomic mass is 10.0. The molecule has 25 heavy (non-hydrogen) atoms. The molecule has 0 aliphatic heterocycles. The zero-order valence-corrected chi connectivity index (χ0v) is 14.4. The Morgan fingerprint density at radius 1 is 1.24 bits per heavy atom. The molecule has 3 rings (SSSR count). The first-order chi connectivity index (χ1) is 12.1. The fourth-order valence-corrected chi connectivity index (χ4v) is 2.93. The van der Waals surface area contributed by atoms with Gasteiger partial charge in [-0.25, -0.2) is 4.68 Å². The molecular formula is C18H20N4O3. The Balaban J connectivity index is 2.33. The molecule has 0 fully saturated rings. The van der Waals surface area contributed by atoms with E-state index < -0.39 is 0 Å². The third-order valence-electron chi connectivity index (χ3n) is 4.04. The van der Waals surface area contributed by atoms with Gasteiger partial charge in [-0.05, 0) is 44.5 Å². The standard InChI is InChI=1S/C18H20N4O3/c1-4-5-16-15(10-19-24)18(17-11(2)21-25-12(17)3)22(20-16)13-6-8-14(23)9-7-13/h6-10,23-24H,4-5H2,1-3H3. The van der Waals surface area contributed by atoms with E-state index in [1.165, 1.54) is 6.21 Å². The highest BCUT2D eigenvalue weighted by Gasteiger charge is 2.24. The number of nitrogens with zero attached hydrogens (tertiary/aromatic N) is 4. The Morgan fingerprint density at radius 3 is 2.52 bits per heavy atom. The van der Waals surface area contributed by atoms with E-state index in [4.69, 9.17) is 14.8 Å². The molecular weight excluding hydrogens is 320 g/mol. The summed E-state index contributed by atoms with van der Waals surface area (Å²) in [5.74, 6) is 0.841. The summed E-state index contributed by atoms with van der Waals surface area (Å²) in [4.78, 5) is 0. The molecule has 2 heterocycles. The third-order valence-corrected chi connectivity index (χ3v) is 4.04. The van der Waals surface area contributed by atoms with E-state index in [0.717, 1.165) is 46.7 Å². The predicted octanol–water partition coefficient (Wildman–Crippen LogP) is 3.61. The van der Waals surface area contributed by atoms with Gasteiger partial charge in [0.2, 0.25) is 0 Å². The molecule has 7 heteroatoms. The minimum atomic E-state index is 0.181. The van der Waals surface area contributed by atoms with Crippen LogP contribution in [0.4, 0.5) is 0 Å². The summed E-state index contributed by atoms with van der Waals surface area (Å²) in [6.07, 6.45) is 3.04. The lowest BCUT2D eigenvalue weighted by Crippen LogP contribution is -2.01. The summed E-state index contributed by atoms with van der Waals surface area (Å²) in [7, 11) is 0. The van der Waals surface area contributed by atoms with Crippen LogP contribution < -0.4 is 0 Å². The van der Waals surface area contributed by atoms with E-state index in [9.17, 15) is 5.11 Å². The average Bonchev–Trinajstić information content (AvgIpc) is 3.10. The van der Waals surface area contributed by atoms with E-state index in [1.54, 1.807) is 28.9 Å². The fourth-order valence-electron chi connectivity index (χ4n) is 2.93. The molecule has 0 spiro atoms. The largest absolute Gasteiger partial charge is 0.508 e. The van der Waals surface area contributed by atoms with Gasteiger partial charge < -0.3 is 14.8 Å². The molecule has 130 valence electrons. The maximum absolute atomic E-state index is 9.56. The number of aromatic nitrogens is 3. The van der Waals surface area contributed by atoms with Gasteiger partial charge in [-0.3, -0.25) is 0 Å². The minimum absolute atomic E-state index is 0.181. The Morgan fingerprint density at radius 2 is 1.96 bits per heavy atom. The molecule has 0 amide bonds. The molecule has 0 saturated heterocycles. The molecule has 2 aromatic heterocycles. The summed E-state index contributed by atoms with van der Waals surface area (Å²) in [6.45, 7) is 5.76. The van der Waals surface area contributed by atoms with E-state index in [0.29, 0.717) is 5.76 Å². The number of hydrogen-bond acceptors (Lipinski definition) is 6. The number of aromatic hydroxyl groups is 1. The number of phenolic OH excluding ortho intramolecular Hbond substituents is 1. The van der Waals surface area contributed by atoms with Crippen molar-refractivity contribution in [1.29, 1.82) is 0 Å². The number of oxime groups is 1. The van der Waals surface area contributed by atoms with E-state index in [-0.39, 0.29) is 5.75 Å². The molecule has 0 bridgehead atoms. The van der Waals surface area contributed by atoms with Crippen LogP contribution in [0.15, 0.2) is 33.9 Å². The van der Waals surface area contributed by atoms with Crippen LogP contribution in [0, 0.1) is 13.8 Å². The van der Waals surface area contributed by atoms with Crippen LogP contribution in [0.5, 0.6) is 5.75 Å². The summed E-state index contributed by atoms with van der Waals surface area (Å²) >= 11 is 0. The Bertz CT molecular complexity index is 888. The highest BCUT2D eigenvalue weighted by molar-refractivity contribution is 5.91. The van der Waals surface area contributed by atoms with Gasteiger partial charge in [0.25, 0.3) is 0 Å². The van der Waals surface area contributed by atoms with Gasteiger partial charge in [0.15, 0.2) is 0 Å². The SMILES string of the molecule is CCCc1nn(-c2ccc(O)cc2)c(-c2c(C)noc2C)c1C=NO. The third kappa shape index (κ3) is 3.00. The average molecular weight is 340 g/mol. The lowest BCUT2D eigenvalue weighted by molar-refractivity contribution is 0.322. The van der Waals surface area contributed by atoms with Crippen LogP contribution in [0.25, 0.3) is 16.9 Å². The van der Waals surface area contributed by atoms with Crippen LogP contribution >= 0.6 is 0 Å². The van der Waals surface area contributed by atoms with Gasteiger partial charge in [-0.1, -0.05) is 23.7 Å². The van der Waals surface area contributed by atoms with Gasteiger partial charge in [0, 0.05) is 5.56 Å². The monoisotopic (exact) mass is 340 g/mol. The second-order valence-electron chi connectivity index (χ2n) is 5.83. The molecule has 0 radical (unpaired) electrons. The normalized spacial score (nSPS) is 11.5.